The second kappa shape index (κ2) is 3.30. The summed E-state index contributed by atoms with van der Waals surface area (Å²) in [5.41, 5.74) is 2.42. The second-order valence-electron chi connectivity index (χ2n) is 2.76. The monoisotopic (exact) mass is 161 g/mol. The lowest BCUT2D eigenvalue weighted by Gasteiger charge is -2.03. The molecule has 0 aliphatic rings. The van der Waals surface area contributed by atoms with E-state index in [-0.39, 0.29) is 5.78 Å². The third-order valence-corrected chi connectivity index (χ3v) is 1.66. The summed E-state index contributed by atoms with van der Waals surface area (Å²) in [7, 11) is 0. The second-order valence-corrected chi connectivity index (χ2v) is 2.76. The van der Waals surface area contributed by atoms with Gasteiger partial charge in [-0.2, -0.15) is 0 Å². The van der Waals surface area contributed by atoms with Gasteiger partial charge in [0.1, 0.15) is 0 Å². The molecule has 2 heteroatoms. The van der Waals surface area contributed by atoms with Crippen LogP contribution in [0.25, 0.3) is 5.57 Å². The van der Waals surface area contributed by atoms with Crippen molar-refractivity contribution in [1.82, 2.24) is 4.98 Å². The number of Topliss-reactive ketones (excluding diaryl/α,β-unsaturated/α-hetero) is 1. The fraction of sp³-hybridized carbons (Fsp3) is 0.200. The van der Waals surface area contributed by atoms with Gasteiger partial charge in [-0.05, 0) is 25.5 Å². The maximum absolute atomic E-state index is 11.1. The first-order chi connectivity index (χ1) is 5.63. The number of carbonyl (C=O) groups excluding carboxylic acids is 1. The zero-order valence-electron chi connectivity index (χ0n) is 7.29. The number of rotatable bonds is 2. The number of aromatic nitrogens is 1. The molecule has 0 spiro atoms. The van der Waals surface area contributed by atoms with E-state index >= 15 is 0 Å². The van der Waals surface area contributed by atoms with Gasteiger partial charge in [-0.15, -0.1) is 0 Å². The molecule has 0 aliphatic carbocycles. The van der Waals surface area contributed by atoms with Crippen molar-refractivity contribution in [2.75, 3.05) is 0 Å². The van der Waals surface area contributed by atoms with Gasteiger partial charge in [0.2, 0.25) is 0 Å². The highest BCUT2D eigenvalue weighted by Crippen LogP contribution is 2.15. The van der Waals surface area contributed by atoms with Gasteiger partial charge in [-0.25, -0.2) is 0 Å². The molecular weight excluding hydrogens is 150 g/mol. The Balaban J connectivity index is 3.27. The zero-order chi connectivity index (χ0) is 9.14. The maximum Gasteiger partial charge on any atom is 0.161 e. The van der Waals surface area contributed by atoms with Crippen LogP contribution in [0.5, 0.6) is 0 Å². The van der Waals surface area contributed by atoms with Gasteiger partial charge in [0.15, 0.2) is 5.78 Å². The van der Waals surface area contributed by atoms with Crippen molar-refractivity contribution in [3.05, 3.63) is 36.2 Å². The van der Waals surface area contributed by atoms with Crippen molar-refractivity contribution in [3.63, 3.8) is 0 Å². The summed E-state index contributed by atoms with van der Waals surface area (Å²) in [5.74, 6) is 0.0288. The van der Waals surface area contributed by atoms with Crippen LogP contribution in [0.15, 0.2) is 25.0 Å². The number of carbonyl (C=O) groups is 1. The molecule has 2 nitrogen and oxygen atoms in total. The average molecular weight is 161 g/mol. The molecule has 1 heterocycles. The van der Waals surface area contributed by atoms with Gasteiger partial charge in [-0.1, -0.05) is 12.2 Å². The highest BCUT2D eigenvalue weighted by atomic mass is 16.1. The Bertz CT molecular complexity index is 295. The van der Waals surface area contributed by atoms with E-state index < -0.39 is 0 Å². The molecule has 0 aromatic carbocycles. The largest absolute Gasteiger partial charge is 0.294 e. The molecule has 62 valence electrons. The van der Waals surface area contributed by atoms with Gasteiger partial charge < -0.3 is 0 Å². The van der Waals surface area contributed by atoms with Crippen LogP contribution in [0.1, 0.15) is 29.8 Å². The number of nitrogens with zero attached hydrogens (tertiary/aromatic N) is 1. The van der Waals surface area contributed by atoms with Crippen LogP contribution >= 0.6 is 0 Å². The minimum Gasteiger partial charge on any atom is -0.294 e. The molecule has 12 heavy (non-hydrogen) atoms. The average Bonchev–Trinajstić information content (AvgIpc) is 2.04. The van der Waals surface area contributed by atoms with Crippen molar-refractivity contribution in [2.45, 2.75) is 13.8 Å². The summed E-state index contributed by atoms with van der Waals surface area (Å²) < 4.78 is 0. The SMILES string of the molecule is C=C(C)c1ccncc1C(C)=O. The number of allylic oxidation sites excluding steroid dienone is 1. The van der Waals surface area contributed by atoms with Gasteiger partial charge in [0, 0.05) is 18.0 Å². The molecule has 1 aromatic rings. The first kappa shape index (κ1) is 8.65. The normalized spacial score (nSPS) is 9.50. The minimum absolute atomic E-state index is 0.0288. The first-order valence-electron chi connectivity index (χ1n) is 3.73. The van der Waals surface area contributed by atoms with Crippen LogP contribution < -0.4 is 0 Å². The smallest absolute Gasteiger partial charge is 0.161 e. The Hall–Kier alpha value is -1.44. The van der Waals surface area contributed by atoms with Gasteiger partial charge in [0.25, 0.3) is 0 Å². The summed E-state index contributed by atoms with van der Waals surface area (Å²) in [6.07, 6.45) is 3.24. The van der Waals surface area contributed by atoms with E-state index in [2.05, 4.69) is 11.6 Å². The predicted octanol–water partition coefficient (Wildman–Crippen LogP) is 2.32. The van der Waals surface area contributed by atoms with E-state index in [1.807, 2.05) is 6.92 Å². The van der Waals surface area contributed by atoms with E-state index in [0.29, 0.717) is 5.56 Å². The molecule has 0 saturated heterocycles. The molecule has 0 atom stereocenters. The van der Waals surface area contributed by atoms with E-state index in [1.54, 1.807) is 18.5 Å². The topological polar surface area (TPSA) is 30.0 Å². The summed E-state index contributed by atoms with van der Waals surface area (Å²) >= 11 is 0. The summed E-state index contributed by atoms with van der Waals surface area (Å²) in [6.45, 7) is 7.20. The standard InChI is InChI=1S/C10H11NO/c1-7(2)9-4-5-11-6-10(9)8(3)12/h4-6H,1H2,2-3H3. The lowest BCUT2D eigenvalue weighted by Crippen LogP contribution is -1.98. The Kier molecular flexibility index (Phi) is 2.38. The number of ketones is 1. The highest BCUT2D eigenvalue weighted by Gasteiger charge is 2.06. The Labute approximate surface area is 71.9 Å². The maximum atomic E-state index is 11.1. The molecule has 1 aromatic heterocycles. The fourth-order valence-electron chi connectivity index (χ4n) is 1.05. The molecule has 0 saturated carbocycles. The Morgan fingerprint density at radius 2 is 2.08 bits per heavy atom. The van der Waals surface area contributed by atoms with Crippen LogP contribution in [-0.4, -0.2) is 10.8 Å². The van der Waals surface area contributed by atoms with Crippen LogP contribution in [-0.2, 0) is 0 Å². The van der Waals surface area contributed by atoms with Crippen LogP contribution in [0, 0.1) is 0 Å². The quantitative estimate of drug-likeness (QED) is 0.623. The molecule has 0 radical (unpaired) electrons. The highest BCUT2D eigenvalue weighted by molar-refractivity contribution is 5.98. The Morgan fingerprint density at radius 1 is 1.42 bits per heavy atom. The predicted molar refractivity (Wildman–Crippen MR) is 48.9 cm³/mol. The molecule has 0 unspecified atom stereocenters. The van der Waals surface area contributed by atoms with Gasteiger partial charge >= 0.3 is 0 Å². The van der Waals surface area contributed by atoms with Crippen LogP contribution in [0.3, 0.4) is 0 Å². The lowest BCUT2D eigenvalue weighted by atomic mass is 10.0. The van der Waals surface area contributed by atoms with E-state index in [0.717, 1.165) is 11.1 Å². The zero-order valence-corrected chi connectivity index (χ0v) is 7.29. The summed E-state index contributed by atoms with van der Waals surface area (Å²) in [6, 6.07) is 1.80. The number of hydrogen-bond acceptors (Lipinski definition) is 2. The molecule has 0 bridgehead atoms. The van der Waals surface area contributed by atoms with E-state index in [4.69, 9.17) is 0 Å². The minimum atomic E-state index is 0.0288. The van der Waals surface area contributed by atoms with Gasteiger partial charge in [0.05, 0.1) is 0 Å². The lowest BCUT2D eigenvalue weighted by molar-refractivity contribution is 0.101. The third-order valence-electron chi connectivity index (χ3n) is 1.66. The van der Waals surface area contributed by atoms with Crippen molar-refractivity contribution in [2.24, 2.45) is 0 Å². The Morgan fingerprint density at radius 3 is 2.50 bits per heavy atom. The van der Waals surface area contributed by atoms with Gasteiger partial charge in [-0.3, -0.25) is 9.78 Å². The van der Waals surface area contributed by atoms with Crippen molar-refractivity contribution >= 4 is 11.4 Å². The first-order valence-corrected chi connectivity index (χ1v) is 3.73. The molecule has 0 fully saturated rings. The number of hydrogen-bond donors (Lipinski definition) is 0. The molecular formula is C10H11NO. The summed E-state index contributed by atoms with van der Waals surface area (Å²) in [5, 5.41) is 0. The van der Waals surface area contributed by atoms with Crippen molar-refractivity contribution in [3.8, 4) is 0 Å². The number of pyridine rings is 1. The van der Waals surface area contributed by atoms with E-state index in [1.165, 1.54) is 6.92 Å². The van der Waals surface area contributed by atoms with Crippen LogP contribution in [0.2, 0.25) is 0 Å². The van der Waals surface area contributed by atoms with Crippen molar-refractivity contribution < 1.29 is 4.79 Å². The van der Waals surface area contributed by atoms with Crippen molar-refractivity contribution in [1.29, 1.82) is 0 Å². The summed E-state index contributed by atoms with van der Waals surface area (Å²) in [4.78, 5) is 15.0. The third kappa shape index (κ3) is 1.59. The molecule has 1 rings (SSSR count). The molecule has 0 amide bonds. The fourth-order valence-corrected chi connectivity index (χ4v) is 1.05. The molecule has 0 aliphatic heterocycles. The van der Waals surface area contributed by atoms with E-state index in [9.17, 15) is 4.79 Å². The van der Waals surface area contributed by atoms with Crippen LogP contribution in [0.4, 0.5) is 0 Å². The molecule has 0 N–H and O–H groups in total.